The van der Waals surface area contributed by atoms with Gasteiger partial charge in [-0.3, -0.25) is 14.0 Å². The Kier molecular flexibility index (Phi) is 9.93. The van der Waals surface area contributed by atoms with Crippen LogP contribution in [0.2, 0.25) is 0 Å². The molecule has 3 aliphatic rings. The molecule has 6 N–H and O–H groups in total. The third-order valence-electron chi connectivity index (χ3n) is 7.60. The summed E-state index contributed by atoms with van der Waals surface area (Å²) in [6.45, 7) is 8.47. The van der Waals surface area contributed by atoms with E-state index in [0.717, 1.165) is 6.54 Å². The lowest BCUT2D eigenvalue weighted by Gasteiger charge is -2.32. The Labute approximate surface area is 240 Å². The van der Waals surface area contributed by atoms with Crippen LogP contribution in [0.3, 0.4) is 0 Å². The third-order valence-corrected chi connectivity index (χ3v) is 10.2. The second kappa shape index (κ2) is 12.4. The van der Waals surface area contributed by atoms with Crippen molar-refractivity contribution in [2.24, 2.45) is 11.8 Å². The summed E-state index contributed by atoms with van der Waals surface area (Å²) in [6.07, 6.45) is 3.26. The zero-order chi connectivity index (χ0) is 30.8. The van der Waals surface area contributed by atoms with Gasteiger partial charge < -0.3 is 25.3 Å². The minimum atomic E-state index is -4.94. The van der Waals surface area contributed by atoms with Gasteiger partial charge in [-0.1, -0.05) is 56.3 Å². The van der Waals surface area contributed by atoms with Crippen molar-refractivity contribution in [1.82, 2.24) is 9.80 Å². The summed E-state index contributed by atoms with van der Waals surface area (Å²) in [5.74, 6) is -3.63. The number of aliphatic hydroxyl groups excluding tert-OH is 2. The summed E-state index contributed by atoms with van der Waals surface area (Å²) in [4.78, 5) is -0.535. The van der Waals surface area contributed by atoms with Crippen molar-refractivity contribution in [3.8, 4) is 0 Å². The first-order valence-corrected chi connectivity index (χ1v) is 15.8. The molecule has 14 heteroatoms. The molecule has 12 nitrogen and oxygen atoms in total. The number of allylic oxidation sites excluding steroid dienone is 2. The highest BCUT2D eigenvalue weighted by Gasteiger charge is 2.48. The number of hydrogen-bond donors (Lipinski definition) is 6. The lowest BCUT2D eigenvalue weighted by molar-refractivity contribution is 0.116. The molecule has 2 aliphatic carbocycles. The van der Waals surface area contributed by atoms with Crippen molar-refractivity contribution in [2.75, 3.05) is 33.2 Å². The predicted molar refractivity (Wildman–Crippen MR) is 153 cm³/mol. The summed E-state index contributed by atoms with van der Waals surface area (Å²) < 4.78 is 63.8. The fourth-order valence-electron chi connectivity index (χ4n) is 4.82. The number of aliphatic hydroxyl groups is 4. The molecule has 1 aliphatic heterocycles. The van der Waals surface area contributed by atoms with Crippen LogP contribution in [0.1, 0.15) is 25.8 Å². The van der Waals surface area contributed by atoms with Crippen LogP contribution >= 0.6 is 0 Å². The van der Waals surface area contributed by atoms with Crippen molar-refractivity contribution in [3.63, 3.8) is 0 Å². The summed E-state index contributed by atoms with van der Waals surface area (Å²) >= 11 is 0. The van der Waals surface area contributed by atoms with Gasteiger partial charge in [-0.05, 0) is 23.8 Å². The van der Waals surface area contributed by atoms with Crippen LogP contribution in [-0.4, -0.2) is 99.3 Å². The Hall–Kier alpha value is -2.56. The molecule has 1 aromatic rings. The molecule has 1 heterocycles. The van der Waals surface area contributed by atoms with Crippen LogP contribution in [0, 0.1) is 11.8 Å². The van der Waals surface area contributed by atoms with E-state index < -0.39 is 53.5 Å². The van der Waals surface area contributed by atoms with Gasteiger partial charge in [-0.25, -0.2) is 0 Å². The smallest absolute Gasteiger partial charge is 0.299 e. The average Bonchev–Trinajstić information content (AvgIpc) is 2.87. The Morgan fingerprint density at radius 1 is 0.780 bits per heavy atom. The standard InChI is InChI=1S/C15H20O10S2.C12H18N2/c1-8-3-10(12(16)6-14(8,18)26(20,21)22)5-11-4-9(2)15(19,7-13(11)17)27(23,24)25;1-13-7-9-14(10-8-13)11-12-5-3-2-4-6-12/h3-4,6-9,16-19H,5H2,1-2H3,(H,20,21,22)(H,23,24,25);2-6H,7-11H2,1H3. The summed E-state index contributed by atoms with van der Waals surface area (Å²) in [5, 5.41) is 40.3. The van der Waals surface area contributed by atoms with E-state index in [1.54, 1.807) is 0 Å². The van der Waals surface area contributed by atoms with Crippen LogP contribution in [-0.2, 0) is 26.8 Å². The zero-order valence-electron chi connectivity index (χ0n) is 23.1. The Bertz CT molecular complexity index is 1370. The molecular weight excluding hydrogens is 576 g/mol. The second-order valence-electron chi connectivity index (χ2n) is 10.7. The third kappa shape index (κ3) is 7.45. The molecule has 4 atom stereocenters. The summed E-state index contributed by atoms with van der Waals surface area (Å²) in [6, 6.07) is 10.7. The van der Waals surface area contributed by atoms with Crippen LogP contribution in [0.15, 0.2) is 77.3 Å². The molecule has 4 rings (SSSR count). The normalized spacial score (nSPS) is 29.8. The average molecular weight is 615 g/mol. The molecule has 4 unspecified atom stereocenters. The quantitative estimate of drug-likeness (QED) is 0.255. The van der Waals surface area contributed by atoms with Crippen LogP contribution in [0.5, 0.6) is 0 Å². The first-order chi connectivity index (χ1) is 18.9. The fraction of sp³-hybridized carbons (Fsp3) is 0.481. The lowest BCUT2D eigenvalue weighted by atomic mass is 9.86. The topological polar surface area (TPSA) is 196 Å². The SMILES string of the molecule is CC1C=C(CC2=CC(C)C(O)(S(=O)(=O)O)C=C2O)C(O)=CC1(O)S(=O)(=O)O.CN1CCN(Cc2ccccc2)CC1. The molecule has 0 saturated carbocycles. The van der Waals surface area contributed by atoms with E-state index in [1.165, 1.54) is 57.7 Å². The first-order valence-electron chi connectivity index (χ1n) is 13.0. The van der Waals surface area contributed by atoms with Crippen molar-refractivity contribution in [1.29, 1.82) is 0 Å². The summed E-state index contributed by atoms with van der Waals surface area (Å²) in [5.41, 5.74) is 1.61. The van der Waals surface area contributed by atoms with Crippen molar-refractivity contribution >= 4 is 20.2 Å². The number of hydrogen-bond acceptors (Lipinski definition) is 10. The number of rotatable bonds is 6. The van der Waals surface area contributed by atoms with E-state index in [2.05, 4.69) is 47.2 Å². The molecule has 0 amide bonds. The monoisotopic (exact) mass is 614 g/mol. The van der Waals surface area contributed by atoms with Crippen molar-refractivity contribution < 1.29 is 46.4 Å². The van der Waals surface area contributed by atoms with Gasteiger partial charge in [0.15, 0.2) is 0 Å². The Morgan fingerprint density at radius 3 is 1.59 bits per heavy atom. The van der Waals surface area contributed by atoms with Crippen LogP contribution in [0.25, 0.3) is 0 Å². The molecular formula is C27H38N2O10S2. The highest BCUT2D eigenvalue weighted by Crippen LogP contribution is 2.40. The molecule has 0 aromatic heterocycles. The van der Waals surface area contributed by atoms with Crippen LogP contribution < -0.4 is 0 Å². The molecule has 41 heavy (non-hydrogen) atoms. The van der Waals surface area contributed by atoms with E-state index in [1.807, 2.05) is 0 Å². The van der Waals surface area contributed by atoms with Gasteiger partial charge in [0.05, 0.1) is 0 Å². The van der Waals surface area contributed by atoms with Gasteiger partial charge in [-0.2, -0.15) is 16.8 Å². The maximum atomic E-state index is 11.4. The van der Waals surface area contributed by atoms with E-state index in [9.17, 15) is 46.4 Å². The molecule has 228 valence electrons. The maximum absolute atomic E-state index is 11.4. The molecule has 1 aromatic carbocycles. The predicted octanol–water partition coefficient (Wildman–Crippen LogP) is 2.00. The van der Waals surface area contributed by atoms with Gasteiger partial charge in [0.1, 0.15) is 11.5 Å². The number of benzene rings is 1. The second-order valence-corrected chi connectivity index (χ2v) is 13.9. The van der Waals surface area contributed by atoms with Gasteiger partial charge in [-0.15, -0.1) is 0 Å². The van der Waals surface area contributed by atoms with E-state index >= 15 is 0 Å². The Morgan fingerprint density at radius 2 is 1.20 bits per heavy atom. The largest absolute Gasteiger partial charge is 0.508 e. The Balaban J connectivity index is 0.000000275. The molecule has 1 fully saturated rings. The number of nitrogens with zero attached hydrogens (tertiary/aromatic N) is 2. The van der Waals surface area contributed by atoms with Crippen molar-refractivity contribution in [2.45, 2.75) is 36.7 Å². The van der Waals surface area contributed by atoms with E-state index in [0.29, 0.717) is 12.2 Å². The van der Waals surface area contributed by atoms with Gasteiger partial charge in [0.2, 0.25) is 9.87 Å². The van der Waals surface area contributed by atoms with Gasteiger partial charge in [0.25, 0.3) is 20.2 Å². The van der Waals surface area contributed by atoms with Crippen LogP contribution in [0.4, 0.5) is 0 Å². The number of piperazine rings is 1. The molecule has 0 radical (unpaired) electrons. The first kappa shape index (κ1) is 32.9. The van der Waals surface area contributed by atoms with Crippen molar-refractivity contribution in [3.05, 3.63) is 82.9 Å². The van der Waals surface area contributed by atoms with Gasteiger partial charge >= 0.3 is 0 Å². The molecule has 0 bridgehead atoms. The highest BCUT2D eigenvalue weighted by atomic mass is 32.2. The lowest BCUT2D eigenvalue weighted by Crippen LogP contribution is -2.44. The minimum absolute atomic E-state index is 0.0894. The fourth-order valence-corrected chi connectivity index (χ4v) is 6.42. The molecule has 1 saturated heterocycles. The summed E-state index contributed by atoms with van der Waals surface area (Å²) in [7, 11) is -7.69. The number of likely N-dealkylation sites (N-methyl/N-ethyl adjacent to an activating group) is 1. The zero-order valence-corrected chi connectivity index (χ0v) is 24.8. The van der Waals surface area contributed by atoms with E-state index in [-0.39, 0.29) is 17.6 Å². The molecule has 0 spiro atoms. The minimum Gasteiger partial charge on any atom is -0.508 e. The maximum Gasteiger partial charge on any atom is 0.299 e. The van der Waals surface area contributed by atoms with E-state index in [4.69, 9.17) is 0 Å². The van der Waals surface area contributed by atoms with Gasteiger partial charge in [0, 0.05) is 63.1 Å². The highest BCUT2D eigenvalue weighted by molar-refractivity contribution is 7.87.